The molecule has 0 aromatic heterocycles. The highest BCUT2D eigenvalue weighted by atomic mass is 16.7. The van der Waals surface area contributed by atoms with Crippen molar-refractivity contribution in [1.82, 2.24) is 0 Å². The molecule has 1 heterocycles. The maximum atomic E-state index is 5.38. The van der Waals surface area contributed by atoms with Gasteiger partial charge in [-0.05, 0) is 25.3 Å². The Bertz CT molecular complexity index is 173. The van der Waals surface area contributed by atoms with Crippen molar-refractivity contribution < 1.29 is 9.47 Å². The van der Waals surface area contributed by atoms with Gasteiger partial charge in [0, 0.05) is 6.61 Å². The summed E-state index contributed by atoms with van der Waals surface area (Å²) in [6.07, 6.45) is 11.8. The monoisotopic (exact) mass is 166 g/mol. The molecule has 1 unspecified atom stereocenters. The Labute approximate surface area is 73.6 Å². The lowest BCUT2D eigenvalue weighted by Gasteiger charge is -2.21. The van der Waals surface area contributed by atoms with Crippen LogP contribution in [-0.2, 0) is 9.47 Å². The van der Waals surface area contributed by atoms with Crippen LogP contribution in [0.15, 0.2) is 12.2 Å². The number of allylic oxidation sites excluding steroid dienone is 1. The van der Waals surface area contributed by atoms with Crippen molar-refractivity contribution in [2.24, 2.45) is 0 Å². The van der Waals surface area contributed by atoms with E-state index < -0.39 is 0 Å². The minimum atomic E-state index is -0.0128. The van der Waals surface area contributed by atoms with Gasteiger partial charge >= 0.3 is 0 Å². The molecule has 0 aromatic carbocycles. The largest absolute Gasteiger partial charge is 0.353 e. The van der Waals surface area contributed by atoms with Gasteiger partial charge in [-0.25, -0.2) is 0 Å². The molecule has 0 N–H and O–H groups in total. The quantitative estimate of drug-likeness (QED) is 0.594. The first-order chi connectivity index (χ1) is 5.93. The Morgan fingerprint density at radius 1 is 1.58 bits per heavy atom. The third-order valence-corrected chi connectivity index (χ3v) is 1.73. The molecule has 0 bridgehead atoms. The van der Waals surface area contributed by atoms with E-state index in [-0.39, 0.29) is 6.29 Å². The Kier molecular flexibility index (Phi) is 4.51. The second-order valence-corrected chi connectivity index (χ2v) is 2.70. The molecule has 0 spiro atoms. The molecule has 0 aromatic rings. The summed E-state index contributed by atoms with van der Waals surface area (Å²) in [5.41, 5.74) is 0. The van der Waals surface area contributed by atoms with Crippen molar-refractivity contribution in [3.8, 4) is 12.3 Å². The number of rotatable bonds is 3. The van der Waals surface area contributed by atoms with E-state index in [1.165, 1.54) is 6.42 Å². The summed E-state index contributed by atoms with van der Waals surface area (Å²) in [6, 6.07) is 0. The number of ether oxygens (including phenoxy) is 2. The van der Waals surface area contributed by atoms with Gasteiger partial charge in [0.15, 0.2) is 6.29 Å². The van der Waals surface area contributed by atoms with Gasteiger partial charge in [0.1, 0.15) is 0 Å². The topological polar surface area (TPSA) is 18.5 Å². The van der Waals surface area contributed by atoms with E-state index in [1.54, 1.807) is 6.08 Å². The summed E-state index contributed by atoms with van der Waals surface area (Å²) >= 11 is 0. The molecule has 1 rings (SSSR count). The molecule has 0 radical (unpaired) electrons. The van der Waals surface area contributed by atoms with Gasteiger partial charge in [-0.3, -0.25) is 0 Å². The normalized spacial score (nSPS) is 24.1. The fraction of sp³-hybridized carbons (Fsp3) is 0.600. The third kappa shape index (κ3) is 3.56. The van der Waals surface area contributed by atoms with Gasteiger partial charge in [0.05, 0.1) is 6.61 Å². The minimum Gasteiger partial charge on any atom is -0.353 e. The number of hydrogen-bond donors (Lipinski definition) is 0. The van der Waals surface area contributed by atoms with Crippen molar-refractivity contribution in [1.29, 1.82) is 0 Å². The van der Waals surface area contributed by atoms with Crippen molar-refractivity contribution >= 4 is 0 Å². The summed E-state index contributed by atoms with van der Waals surface area (Å²) in [5.74, 6) is 2.40. The average molecular weight is 166 g/mol. The fourth-order valence-corrected chi connectivity index (χ4v) is 1.12. The molecule has 12 heavy (non-hydrogen) atoms. The zero-order valence-electron chi connectivity index (χ0n) is 7.16. The van der Waals surface area contributed by atoms with Crippen molar-refractivity contribution in [2.45, 2.75) is 25.6 Å². The van der Waals surface area contributed by atoms with Crippen LogP contribution in [0.5, 0.6) is 0 Å². The first-order valence-corrected chi connectivity index (χ1v) is 4.28. The van der Waals surface area contributed by atoms with Gasteiger partial charge < -0.3 is 9.47 Å². The van der Waals surface area contributed by atoms with E-state index >= 15 is 0 Å². The molecule has 2 heteroatoms. The highest BCUT2D eigenvalue weighted by Gasteiger charge is 2.12. The van der Waals surface area contributed by atoms with Crippen molar-refractivity contribution in [3.63, 3.8) is 0 Å². The number of terminal acetylenes is 1. The molecule has 1 saturated heterocycles. The first-order valence-electron chi connectivity index (χ1n) is 4.28. The van der Waals surface area contributed by atoms with E-state index in [0.717, 1.165) is 19.4 Å². The van der Waals surface area contributed by atoms with E-state index in [4.69, 9.17) is 15.9 Å². The summed E-state index contributed by atoms with van der Waals surface area (Å²) < 4.78 is 10.7. The maximum Gasteiger partial charge on any atom is 0.157 e. The molecule has 1 fully saturated rings. The molecule has 0 amide bonds. The van der Waals surface area contributed by atoms with E-state index in [1.807, 2.05) is 6.08 Å². The van der Waals surface area contributed by atoms with E-state index in [2.05, 4.69) is 5.92 Å². The molecule has 0 saturated carbocycles. The second kappa shape index (κ2) is 5.82. The SMILES string of the molecule is C#C/C=C\COC1CCCCO1. The Balaban J connectivity index is 2.06. The summed E-state index contributed by atoms with van der Waals surface area (Å²) in [7, 11) is 0. The van der Waals surface area contributed by atoms with Gasteiger partial charge in [-0.1, -0.05) is 12.0 Å². The summed E-state index contributed by atoms with van der Waals surface area (Å²) in [6.45, 7) is 1.37. The lowest BCUT2D eigenvalue weighted by Crippen LogP contribution is -2.22. The van der Waals surface area contributed by atoms with Crippen molar-refractivity contribution in [3.05, 3.63) is 12.2 Å². The highest BCUT2D eigenvalue weighted by Crippen LogP contribution is 2.13. The molecule has 66 valence electrons. The van der Waals surface area contributed by atoms with Gasteiger partial charge in [0.25, 0.3) is 0 Å². The lowest BCUT2D eigenvalue weighted by atomic mass is 10.2. The van der Waals surface area contributed by atoms with E-state index in [0.29, 0.717) is 6.61 Å². The summed E-state index contributed by atoms with van der Waals surface area (Å²) in [4.78, 5) is 0. The molecule has 2 nitrogen and oxygen atoms in total. The standard InChI is InChI=1S/C10H14O2/c1-2-3-5-8-11-10-7-4-6-9-12-10/h1,3,5,10H,4,6-9H2/b5-3-. The highest BCUT2D eigenvalue weighted by molar-refractivity contribution is 5.08. The van der Waals surface area contributed by atoms with Crippen LogP contribution in [0.4, 0.5) is 0 Å². The van der Waals surface area contributed by atoms with Crippen LogP contribution in [0, 0.1) is 12.3 Å². The smallest absolute Gasteiger partial charge is 0.157 e. The van der Waals surface area contributed by atoms with Crippen LogP contribution in [-0.4, -0.2) is 19.5 Å². The Hall–Kier alpha value is -0.780. The molecule has 1 aliphatic rings. The number of hydrogen-bond acceptors (Lipinski definition) is 2. The molecule has 0 aliphatic carbocycles. The Morgan fingerprint density at radius 3 is 3.17 bits per heavy atom. The zero-order valence-corrected chi connectivity index (χ0v) is 7.16. The average Bonchev–Trinajstić information content (AvgIpc) is 2.14. The van der Waals surface area contributed by atoms with Crippen LogP contribution in [0.3, 0.4) is 0 Å². The van der Waals surface area contributed by atoms with Crippen LogP contribution in [0.2, 0.25) is 0 Å². The van der Waals surface area contributed by atoms with E-state index in [9.17, 15) is 0 Å². The van der Waals surface area contributed by atoms with Crippen LogP contribution >= 0.6 is 0 Å². The van der Waals surface area contributed by atoms with Gasteiger partial charge in [-0.2, -0.15) is 0 Å². The lowest BCUT2D eigenvalue weighted by molar-refractivity contribution is -0.155. The first kappa shape index (κ1) is 9.31. The fourth-order valence-electron chi connectivity index (χ4n) is 1.12. The van der Waals surface area contributed by atoms with Crippen LogP contribution in [0.25, 0.3) is 0 Å². The Morgan fingerprint density at radius 2 is 2.50 bits per heavy atom. The van der Waals surface area contributed by atoms with Gasteiger partial charge in [0.2, 0.25) is 0 Å². The summed E-state index contributed by atoms with van der Waals surface area (Å²) in [5, 5.41) is 0. The van der Waals surface area contributed by atoms with Gasteiger partial charge in [-0.15, -0.1) is 6.42 Å². The molecule has 1 atom stereocenters. The molecular weight excluding hydrogens is 152 g/mol. The predicted octanol–water partition coefficient (Wildman–Crippen LogP) is 1.72. The second-order valence-electron chi connectivity index (χ2n) is 2.70. The molecular formula is C10H14O2. The third-order valence-electron chi connectivity index (χ3n) is 1.73. The predicted molar refractivity (Wildman–Crippen MR) is 47.5 cm³/mol. The van der Waals surface area contributed by atoms with Crippen molar-refractivity contribution in [2.75, 3.05) is 13.2 Å². The molecule has 1 aliphatic heterocycles. The zero-order chi connectivity index (χ0) is 8.65. The maximum absolute atomic E-state index is 5.38. The van der Waals surface area contributed by atoms with Crippen LogP contribution in [0.1, 0.15) is 19.3 Å². The van der Waals surface area contributed by atoms with Crippen LogP contribution < -0.4 is 0 Å². The minimum absolute atomic E-state index is 0.0128.